The Kier molecular flexibility index (Phi) is 5.33. The number of hydrogen-bond donors (Lipinski definition) is 0. The minimum absolute atomic E-state index is 0.00610. The smallest absolute Gasteiger partial charge is 0.188 e. The quantitative estimate of drug-likeness (QED) is 0.572. The molecule has 0 radical (unpaired) electrons. The highest BCUT2D eigenvalue weighted by molar-refractivity contribution is 5.97. The molecule has 2 aromatic carbocycles. The van der Waals surface area contributed by atoms with Gasteiger partial charge in [0, 0.05) is 5.56 Å². The van der Waals surface area contributed by atoms with E-state index in [0.29, 0.717) is 18.8 Å². The van der Waals surface area contributed by atoms with E-state index < -0.39 is 0 Å². The Bertz CT molecular complexity index is 549. The van der Waals surface area contributed by atoms with Crippen LogP contribution >= 0.6 is 0 Å². The number of carbonyl (C=O) groups excluding carboxylic acids is 1. The third-order valence-corrected chi connectivity index (χ3v) is 2.81. The van der Waals surface area contributed by atoms with E-state index in [9.17, 15) is 4.79 Å². The van der Waals surface area contributed by atoms with Gasteiger partial charge in [-0.2, -0.15) is 0 Å². The fraction of sp³-hybridized carbons (Fsp3) is 0.235. The van der Waals surface area contributed by atoms with Crippen LogP contribution in [0.4, 0.5) is 0 Å². The molecule has 0 unspecified atom stereocenters. The van der Waals surface area contributed by atoms with Crippen molar-refractivity contribution in [1.29, 1.82) is 0 Å². The summed E-state index contributed by atoms with van der Waals surface area (Å²) >= 11 is 0. The predicted molar refractivity (Wildman–Crippen MR) is 78.3 cm³/mol. The van der Waals surface area contributed by atoms with Gasteiger partial charge in [-0.15, -0.1) is 0 Å². The highest BCUT2D eigenvalue weighted by atomic mass is 16.5. The zero-order valence-electron chi connectivity index (χ0n) is 11.5. The SMILES string of the molecule is Cc1cccc(C(=O)COCCOc2ccccc2)c1. The average Bonchev–Trinajstić information content (AvgIpc) is 2.48. The van der Waals surface area contributed by atoms with E-state index in [1.54, 1.807) is 6.07 Å². The van der Waals surface area contributed by atoms with Crippen molar-refractivity contribution in [2.24, 2.45) is 0 Å². The first-order valence-electron chi connectivity index (χ1n) is 6.61. The summed E-state index contributed by atoms with van der Waals surface area (Å²) in [5.41, 5.74) is 1.76. The van der Waals surface area contributed by atoms with Gasteiger partial charge in [-0.1, -0.05) is 42.0 Å². The third-order valence-electron chi connectivity index (χ3n) is 2.81. The van der Waals surface area contributed by atoms with Gasteiger partial charge in [-0.3, -0.25) is 4.79 Å². The van der Waals surface area contributed by atoms with E-state index in [1.807, 2.05) is 55.5 Å². The zero-order valence-corrected chi connectivity index (χ0v) is 11.5. The van der Waals surface area contributed by atoms with Gasteiger partial charge in [0.15, 0.2) is 5.78 Å². The normalized spacial score (nSPS) is 10.2. The summed E-state index contributed by atoms with van der Waals surface area (Å²) in [5, 5.41) is 0. The monoisotopic (exact) mass is 270 g/mol. The van der Waals surface area contributed by atoms with Crippen molar-refractivity contribution in [2.45, 2.75) is 6.92 Å². The first-order chi connectivity index (χ1) is 9.75. The minimum atomic E-state index is -0.00610. The number of ketones is 1. The predicted octanol–water partition coefficient (Wildman–Crippen LogP) is 3.27. The van der Waals surface area contributed by atoms with Crippen molar-refractivity contribution < 1.29 is 14.3 Å². The van der Waals surface area contributed by atoms with Gasteiger partial charge in [0.1, 0.15) is 19.0 Å². The lowest BCUT2D eigenvalue weighted by Gasteiger charge is -2.07. The summed E-state index contributed by atoms with van der Waals surface area (Å²) in [6, 6.07) is 17.0. The number of rotatable bonds is 7. The van der Waals surface area contributed by atoms with E-state index in [0.717, 1.165) is 11.3 Å². The van der Waals surface area contributed by atoms with Crippen molar-refractivity contribution in [3.05, 3.63) is 65.7 Å². The third kappa shape index (κ3) is 4.52. The molecule has 0 aromatic heterocycles. The minimum Gasteiger partial charge on any atom is -0.491 e. The molecule has 3 nitrogen and oxygen atoms in total. The van der Waals surface area contributed by atoms with E-state index in [2.05, 4.69) is 0 Å². The Morgan fingerprint density at radius 1 is 1.00 bits per heavy atom. The fourth-order valence-electron chi connectivity index (χ4n) is 1.80. The standard InChI is InChI=1S/C17H18O3/c1-14-6-5-7-15(12-14)17(18)13-19-10-11-20-16-8-3-2-4-9-16/h2-9,12H,10-11,13H2,1H3. The molecular weight excluding hydrogens is 252 g/mol. The van der Waals surface area contributed by atoms with Crippen molar-refractivity contribution in [2.75, 3.05) is 19.8 Å². The van der Waals surface area contributed by atoms with Crippen LogP contribution < -0.4 is 4.74 Å². The zero-order chi connectivity index (χ0) is 14.2. The van der Waals surface area contributed by atoms with Crippen molar-refractivity contribution >= 4 is 5.78 Å². The number of ether oxygens (including phenoxy) is 2. The van der Waals surface area contributed by atoms with E-state index in [4.69, 9.17) is 9.47 Å². The van der Waals surface area contributed by atoms with E-state index in [1.165, 1.54) is 0 Å². The number of carbonyl (C=O) groups is 1. The molecule has 0 atom stereocenters. The van der Waals surface area contributed by atoms with Crippen LogP contribution in [-0.4, -0.2) is 25.6 Å². The van der Waals surface area contributed by atoms with Gasteiger partial charge in [0.25, 0.3) is 0 Å². The molecule has 0 amide bonds. The van der Waals surface area contributed by atoms with Gasteiger partial charge in [0.05, 0.1) is 6.61 Å². The van der Waals surface area contributed by atoms with Gasteiger partial charge < -0.3 is 9.47 Å². The molecule has 0 fully saturated rings. The summed E-state index contributed by atoms with van der Waals surface area (Å²) in [6.07, 6.45) is 0. The average molecular weight is 270 g/mol. The van der Waals surface area contributed by atoms with Crippen LogP contribution in [0.1, 0.15) is 15.9 Å². The molecule has 0 N–H and O–H groups in total. The molecular formula is C17H18O3. The molecule has 0 spiro atoms. The van der Waals surface area contributed by atoms with Crippen LogP contribution in [0.3, 0.4) is 0 Å². The maximum atomic E-state index is 11.9. The molecule has 0 bridgehead atoms. The molecule has 0 saturated carbocycles. The lowest BCUT2D eigenvalue weighted by molar-refractivity contribution is 0.0688. The number of benzene rings is 2. The lowest BCUT2D eigenvalue weighted by atomic mass is 10.1. The summed E-state index contributed by atoms with van der Waals surface area (Å²) in [7, 11) is 0. The Labute approximate surface area is 119 Å². The molecule has 104 valence electrons. The van der Waals surface area contributed by atoms with Gasteiger partial charge >= 0.3 is 0 Å². The van der Waals surface area contributed by atoms with Crippen LogP contribution in [0.15, 0.2) is 54.6 Å². The molecule has 0 aliphatic rings. The van der Waals surface area contributed by atoms with Crippen LogP contribution in [-0.2, 0) is 4.74 Å². The molecule has 0 aliphatic heterocycles. The van der Waals surface area contributed by atoms with Gasteiger partial charge in [-0.05, 0) is 25.1 Å². The number of Topliss-reactive ketones (excluding diaryl/α,β-unsaturated/α-hetero) is 1. The number of para-hydroxylation sites is 1. The Morgan fingerprint density at radius 3 is 2.55 bits per heavy atom. The molecule has 0 heterocycles. The summed E-state index contributed by atoms with van der Waals surface area (Å²) in [5.74, 6) is 0.800. The second-order valence-electron chi connectivity index (χ2n) is 4.51. The maximum Gasteiger partial charge on any atom is 0.188 e. The highest BCUT2D eigenvalue weighted by Crippen LogP contribution is 2.08. The van der Waals surface area contributed by atoms with E-state index >= 15 is 0 Å². The van der Waals surface area contributed by atoms with Crippen LogP contribution in [0.2, 0.25) is 0 Å². The molecule has 3 heteroatoms. The Balaban J connectivity index is 1.67. The Hall–Kier alpha value is -2.13. The first-order valence-corrected chi connectivity index (χ1v) is 6.61. The van der Waals surface area contributed by atoms with Crippen molar-refractivity contribution in [3.8, 4) is 5.75 Å². The lowest BCUT2D eigenvalue weighted by Crippen LogP contribution is -2.13. The Morgan fingerprint density at radius 2 is 1.80 bits per heavy atom. The van der Waals surface area contributed by atoms with Gasteiger partial charge in [0.2, 0.25) is 0 Å². The summed E-state index contributed by atoms with van der Waals surface area (Å²) in [6.45, 7) is 2.88. The second-order valence-corrected chi connectivity index (χ2v) is 4.51. The summed E-state index contributed by atoms with van der Waals surface area (Å²) in [4.78, 5) is 11.9. The number of hydrogen-bond acceptors (Lipinski definition) is 3. The first kappa shape index (κ1) is 14.3. The number of aryl methyl sites for hydroxylation is 1. The fourth-order valence-corrected chi connectivity index (χ4v) is 1.80. The molecule has 2 rings (SSSR count). The van der Waals surface area contributed by atoms with Crippen molar-refractivity contribution in [1.82, 2.24) is 0 Å². The van der Waals surface area contributed by atoms with Gasteiger partial charge in [-0.25, -0.2) is 0 Å². The summed E-state index contributed by atoms with van der Waals surface area (Å²) < 4.78 is 10.8. The van der Waals surface area contributed by atoms with Crippen molar-refractivity contribution in [3.63, 3.8) is 0 Å². The maximum absolute atomic E-state index is 11.9. The van der Waals surface area contributed by atoms with Crippen LogP contribution in [0, 0.1) is 6.92 Å². The largest absolute Gasteiger partial charge is 0.491 e. The molecule has 2 aromatic rings. The van der Waals surface area contributed by atoms with Crippen LogP contribution in [0.25, 0.3) is 0 Å². The second kappa shape index (κ2) is 7.46. The molecule has 20 heavy (non-hydrogen) atoms. The molecule has 0 saturated heterocycles. The molecule has 0 aliphatic carbocycles. The highest BCUT2D eigenvalue weighted by Gasteiger charge is 2.05. The topological polar surface area (TPSA) is 35.5 Å². The van der Waals surface area contributed by atoms with Crippen LogP contribution in [0.5, 0.6) is 5.75 Å². The van der Waals surface area contributed by atoms with E-state index in [-0.39, 0.29) is 12.4 Å².